The Hall–Kier alpha value is -1.06. The van der Waals surface area contributed by atoms with Gasteiger partial charge >= 0.3 is 0 Å². The fourth-order valence-corrected chi connectivity index (χ4v) is 3.11. The van der Waals surface area contributed by atoms with E-state index in [4.69, 9.17) is 0 Å². The van der Waals surface area contributed by atoms with Crippen LogP contribution in [0.2, 0.25) is 0 Å². The summed E-state index contributed by atoms with van der Waals surface area (Å²) in [5.41, 5.74) is 1.30. The standard InChI is InChI=1S/C18H30N2O/c1-14(2)20-12-10-17(11-13-20)19-15(3)4-5-16-6-8-18(21)9-7-16/h6-9,14-15,17,19,21H,4-5,10-13H2,1-3H3. The zero-order valence-corrected chi connectivity index (χ0v) is 13.7. The molecule has 2 N–H and O–H groups in total. The molecular weight excluding hydrogens is 260 g/mol. The first-order chi connectivity index (χ1) is 10.0. The van der Waals surface area contributed by atoms with Gasteiger partial charge in [-0.1, -0.05) is 12.1 Å². The summed E-state index contributed by atoms with van der Waals surface area (Å²) in [5, 5.41) is 13.1. The normalized spacial score (nSPS) is 19.0. The molecule has 1 aliphatic heterocycles. The third-order valence-corrected chi connectivity index (χ3v) is 4.58. The number of phenols is 1. The molecule has 0 bridgehead atoms. The number of rotatable bonds is 6. The number of phenolic OH excluding ortho intramolecular Hbond substituents is 1. The maximum atomic E-state index is 9.29. The highest BCUT2D eigenvalue weighted by atomic mass is 16.3. The number of likely N-dealkylation sites (tertiary alicyclic amines) is 1. The summed E-state index contributed by atoms with van der Waals surface area (Å²) >= 11 is 0. The maximum absolute atomic E-state index is 9.29. The SMILES string of the molecule is CC(CCc1ccc(O)cc1)NC1CCN(C(C)C)CC1. The van der Waals surface area contributed by atoms with Crippen LogP contribution in [0.15, 0.2) is 24.3 Å². The minimum absolute atomic E-state index is 0.349. The first-order valence-electron chi connectivity index (χ1n) is 8.32. The van der Waals surface area contributed by atoms with E-state index >= 15 is 0 Å². The van der Waals surface area contributed by atoms with E-state index < -0.39 is 0 Å². The number of aryl methyl sites for hydroxylation is 1. The van der Waals surface area contributed by atoms with Crippen LogP contribution in [0.3, 0.4) is 0 Å². The van der Waals surface area contributed by atoms with E-state index in [2.05, 4.69) is 31.0 Å². The summed E-state index contributed by atoms with van der Waals surface area (Å²) in [5.74, 6) is 0.349. The predicted molar refractivity (Wildman–Crippen MR) is 88.8 cm³/mol. The van der Waals surface area contributed by atoms with E-state index in [0.717, 1.165) is 12.8 Å². The van der Waals surface area contributed by atoms with E-state index in [1.165, 1.54) is 31.5 Å². The Morgan fingerprint density at radius 1 is 1.14 bits per heavy atom. The molecule has 0 aliphatic carbocycles. The van der Waals surface area contributed by atoms with E-state index in [-0.39, 0.29) is 0 Å². The Morgan fingerprint density at radius 3 is 2.33 bits per heavy atom. The van der Waals surface area contributed by atoms with Crippen LogP contribution in [-0.2, 0) is 6.42 Å². The Bertz CT molecular complexity index is 408. The highest BCUT2D eigenvalue weighted by molar-refractivity contribution is 5.25. The number of nitrogens with zero attached hydrogens (tertiary/aromatic N) is 1. The fraction of sp³-hybridized carbons (Fsp3) is 0.667. The fourth-order valence-electron chi connectivity index (χ4n) is 3.11. The Balaban J connectivity index is 1.68. The van der Waals surface area contributed by atoms with Crippen molar-refractivity contribution in [3.05, 3.63) is 29.8 Å². The molecule has 1 atom stereocenters. The number of hydrogen-bond donors (Lipinski definition) is 2. The quantitative estimate of drug-likeness (QED) is 0.844. The van der Waals surface area contributed by atoms with Crippen LogP contribution >= 0.6 is 0 Å². The van der Waals surface area contributed by atoms with Gasteiger partial charge < -0.3 is 15.3 Å². The van der Waals surface area contributed by atoms with Gasteiger partial charge in [-0.15, -0.1) is 0 Å². The molecule has 1 fully saturated rings. The predicted octanol–water partition coefficient (Wildman–Crippen LogP) is 3.18. The number of hydrogen-bond acceptors (Lipinski definition) is 3. The van der Waals surface area contributed by atoms with Gasteiger partial charge in [0.2, 0.25) is 0 Å². The zero-order valence-electron chi connectivity index (χ0n) is 13.7. The molecule has 0 radical (unpaired) electrons. The minimum atomic E-state index is 0.349. The highest BCUT2D eigenvalue weighted by Gasteiger charge is 2.21. The molecule has 3 nitrogen and oxygen atoms in total. The summed E-state index contributed by atoms with van der Waals surface area (Å²) < 4.78 is 0. The average molecular weight is 290 g/mol. The van der Waals surface area contributed by atoms with Crippen molar-refractivity contribution in [3.8, 4) is 5.75 Å². The molecule has 3 heteroatoms. The topological polar surface area (TPSA) is 35.5 Å². The van der Waals surface area contributed by atoms with E-state index in [9.17, 15) is 5.11 Å². The lowest BCUT2D eigenvalue weighted by Crippen LogP contribution is -2.47. The summed E-state index contributed by atoms with van der Waals surface area (Å²) in [6.45, 7) is 9.30. The van der Waals surface area contributed by atoms with Gasteiger partial charge in [-0.2, -0.15) is 0 Å². The highest BCUT2D eigenvalue weighted by Crippen LogP contribution is 2.15. The van der Waals surface area contributed by atoms with Gasteiger partial charge in [0.15, 0.2) is 0 Å². The lowest BCUT2D eigenvalue weighted by molar-refractivity contribution is 0.156. The molecule has 1 unspecified atom stereocenters. The molecule has 0 amide bonds. The average Bonchev–Trinajstić information content (AvgIpc) is 2.47. The Labute approximate surface area is 129 Å². The number of benzene rings is 1. The largest absolute Gasteiger partial charge is 0.508 e. The molecule has 1 aromatic rings. The molecule has 21 heavy (non-hydrogen) atoms. The molecule has 0 saturated carbocycles. The van der Waals surface area contributed by atoms with Crippen molar-refractivity contribution in [1.82, 2.24) is 10.2 Å². The Kier molecular flexibility index (Phi) is 6.07. The van der Waals surface area contributed by atoms with Gasteiger partial charge in [-0.3, -0.25) is 0 Å². The van der Waals surface area contributed by atoms with Crippen molar-refractivity contribution in [1.29, 1.82) is 0 Å². The van der Waals surface area contributed by atoms with Crippen molar-refractivity contribution in [2.75, 3.05) is 13.1 Å². The molecule has 1 saturated heterocycles. The molecule has 1 heterocycles. The second-order valence-corrected chi connectivity index (χ2v) is 6.68. The lowest BCUT2D eigenvalue weighted by Gasteiger charge is -2.36. The van der Waals surface area contributed by atoms with Crippen LogP contribution in [0.25, 0.3) is 0 Å². The monoisotopic (exact) mass is 290 g/mol. The van der Waals surface area contributed by atoms with Gasteiger partial charge in [-0.25, -0.2) is 0 Å². The van der Waals surface area contributed by atoms with Gasteiger partial charge in [0.25, 0.3) is 0 Å². The van der Waals surface area contributed by atoms with E-state index in [1.54, 1.807) is 12.1 Å². The van der Waals surface area contributed by atoms with Crippen LogP contribution in [-0.4, -0.2) is 41.2 Å². The third kappa shape index (κ3) is 5.33. The van der Waals surface area contributed by atoms with Crippen molar-refractivity contribution < 1.29 is 5.11 Å². The summed E-state index contributed by atoms with van der Waals surface area (Å²) in [4.78, 5) is 2.57. The molecule has 118 valence electrons. The zero-order chi connectivity index (χ0) is 15.2. The van der Waals surface area contributed by atoms with Gasteiger partial charge in [0, 0.05) is 18.1 Å². The summed E-state index contributed by atoms with van der Waals surface area (Å²) in [6.07, 6.45) is 4.75. The van der Waals surface area contributed by atoms with Crippen molar-refractivity contribution in [2.24, 2.45) is 0 Å². The second-order valence-electron chi connectivity index (χ2n) is 6.68. The molecular formula is C18H30N2O. The number of aromatic hydroxyl groups is 1. The van der Waals surface area contributed by atoms with Crippen molar-refractivity contribution >= 4 is 0 Å². The molecule has 0 spiro atoms. The van der Waals surface area contributed by atoms with E-state index in [1.807, 2.05) is 12.1 Å². The van der Waals surface area contributed by atoms with Gasteiger partial charge in [-0.05, 0) is 77.2 Å². The lowest BCUT2D eigenvalue weighted by atomic mass is 10.0. The van der Waals surface area contributed by atoms with E-state index in [0.29, 0.717) is 23.9 Å². The third-order valence-electron chi connectivity index (χ3n) is 4.58. The Morgan fingerprint density at radius 2 is 1.76 bits per heavy atom. The first-order valence-corrected chi connectivity index (χ1v) is 8.32. The smallest absolute Gasteiger partial charge is 0.115 e. The minimum Gasteiger partial charge on any atom is -0.508 e. The molecule has 2 rings (SSSR count). The van der Waals surface area contributed by atoms with Crippen LogP contribution < -0.4 is 5.32 Å². The molecule has 0 aromatic heterocycles. The van der Waals surface area contributed by atoms with Crippen LogP contribution in [0.4, 0.5) is 0 Å². The van der Waals surface area contributed by atoms with Crippen LogP contribution in [0.5, 0.6) is 5.75 Å². The van der Waals surface area contributed by atoms with Gasteiger partial charge in [0.1, 0.15) is 5.75 Å². The van der Waals surface area contributed by atoms with Gasteiger partial charge in [0.05, 0.1) is 0 Å². The second kappa shape index (κ2) is 7.81. The molecule has 1 aromatic carbocycles. The summed E-state index contributed by atoms with van der Waals surface area (Å²) in [7, 11) is 0. The van der Waals surface area contributed by atoms with Crippen LogP contribution in [0.1, 0.15) is 45.6 Å². The number of piperidine rings is 1. The number of nitrogens with one attached hydrogen (secondary N) is 1. The summed E-state index contributed by atoms with van der Waals surface area (Å²) in [6, 6.07) is 9.48. The molecule has 1 aliphatic rings. The van der Waals surface area contributed by atoms with Crippen molar-refractivity contribution in [3.63, 3.8) is 0 Å². The maximum Gasteiger partial charge on any atom is 0.115 e. The van der Waals surface area contributed by atoms with Crippen LogP contribution in [0, 0.1) is 0 Å². The van der Waals surface area contributed by atoms with Crippen molar-refractivity contribution in [2.45, 2.75) is 64.6 Å². The first kappa shape index (κ1) is 16.3.